The Morgan fingerprint density at radius 1 is 1.21 bits per heavy atom. The summed E-state index contributed by atoms with van der Waals surface area (Å²) in [7, 11) is 1.85. The topological polar surface area (TPSA) is 68.0 Å². The molecule has 0 saturated heterocycles. The van der Waals surface area contributed by atoms with Gasteiger partial charge in [0.2, 0.25) is 0 Å². The molecule has 5 nitrogen and oxygen atoms in total. The molecule has 3 rings (SSSR count). The molecule has 0 radical (unpaired) electrons. The van der Waals surface area contributed by atoms with Crippen molar-refractivity contribution in [3.63, 3.8) is 0 Å². The van der Waals surface area contributed by atoms with Gasteiger partial charge in [-0.05, 0) is 24.3 Å². The Labute approximate surface area is 109 Å². The fourth-order valence-electron chi connectivity index (χ4n) is 2.15. The molecule has 2 aromatic heterocycles. The number of carboxylic acids is 1. The second kappa shape index (κ2) is 4.20. The van der Waals surface area contributed by atoms with Gasteiger partial charge >= 0.3 is 5.97 Å². The highest BCUT2D eigenvalue weighted by atomic mass is 16.4. The minimum Gasteiger partial charge on any atom is -0.478 e. The summed E-state index contributed by atoms with van der Waals surface area (Å²) in [5.41, 5.74) is 2.78. The first-order valence-corrected chi connectivity index (χ1v) is 5.77. The van der Waals surface area contributed by atoms with Crippen LogP contribution in [0.5, 0.6) is 0 Å². The van der Waals surface area contributed by atoms with Gasteiger partial charge in [0.1, 0.15) is 0 Å². The summed E-state index contributed by atoms with van der Waals surface area (Å²) in [6.07, 6.45) is 3.22. The molecule has 0 aliphatic heterocycles. The summed E-state index contributed by atoms with van der Waals surface area (Å²) >= 11 is 0. The van der Waals surface area contributed by atoms with Crippen molar-refractivity contribution in [1.29, 1.82) is 0 Å². The molecule has 0 aliphatic carbocycles. The normalized spacial score (nSPS) is 10.8. The van der Waals surface area contributed by atoms with Gasteiger partial charge in [0.05, 0.1) is 16.8 Å². The van der Waals surface area contributed by atoms with E-state index in [0.717, 1.165) is 11.3 Å². The summed E-state index contributed by atoms with van der Waals surface area (Å²) < 4.78 is 1.75. The Bertz CT molecular complexity index is 777. The van der Waals surface area contributed by atoms with Crippen LogP contribution in [0.15, 0.2) is 42.7 Å². The zero-order valence-corrected chi connectivity index (χ0v) is 10.2. The number of nitrogens with zero attached hydrogens (tertiary/aromatic N) is 3. The molecule has 0 unspecified atom stereocenters. The molecule has 5 heteroatoms. The number of rotatable bonds is 2. The maximum absolute atomic E-state index is 11.2. The van der Waals surface area contributed by atoms with Crippen LogP contribution >= 0.6 is 0 Å². The number of aromatic carboxylic acids is 1. The first kappa shape index (κ1) is 11.4. The van der Waals surface area contributed by atoms with E-state index in [0.29, 0.717) is 10.9 Å². The van der Waals surface area contributed by atoms with Crippen molar-refractivity contribution >= 4 is 16.9 Å². The number of pyridine rings is 1. The number of benzene rings is 1. The second-order valence-electron chi connectivity index (χ2n) is 4.24. The van der Waals surface area contributed by atoms with Crippen molar-refractivity contribution in [1.82, 2.24) is 14.8 Å². The third-order valence-corrected chi connectivity index (χ3v) is 3.09. The molecule has 0 amide bonds. The van der Waals surface area contributed by atoms with E-state index in [9.17, 15) is 9.90 Å². The molecule has 1 aromatic carbocycles. The van der Waals surface area contributed by atoms with E-state index in [-0.39, 0.29) is 5.56 Å². The Kier molecular flexibility index (Phi) is 2.52. The van der Waals surface area contributed by atoms with Crippen molar-refractivity contribution < 1.29 is 9.90 Å². The maximum Gasteiger partial charge on any atom is 0.336 e. The predicted octanol–water partition coefficient (Wildman–Crippen LogP) is 2.33. The zero-order valence-electron chi connectivity index (χ0n) is 10.2. The van der Waals surface area contributed by atoms with Crippen LogP contribution in [-0.2, 0) is 7.05 Å². The SMILES string of the molecule is Cn1nccc1-c1ccc2nccc(C(=O)O)c2c1. The zero-order chi connectivity index (χ0) is 13.4. The van der Waals surface area contributed by atoms with Crippen molar-refractivity contribution in [2.24, 2.45) is 7.05 Å². The van der Waals surface area contributed by atoms with Crippen LogP contribution in [0.3, 0.4) is 0 Å². The second-order valence-corrected chi connectivity index (χ2v) is 4.24. The standard InChI is InChI=1S/C14H11N3O2/c1-17-13(5-7-16-17)9-2-3-12-11(8-9)10(14(18)19)4-6-15-12/h2-8H,1H3,(H,18,19). The van der Waals surface area contributed by atoms with Crippen LogP contribution < -0.4 is 0 Å². The lowest BCUT2D eigenvalue weighted by molar-refractivity contribution is 0.0699. The number of aryl methyl sites for hydroxylation is 1. The summed E-state index contributed by atoms with van der Waals surface area (Å²) in [6, 6.07) is 8.97. The lowest BCUT2D eigenvalue weighted by Gasteiger charge is -2.06. The fourth-order valence-corrected chi connectivity index (χ4v) is 2.15. The average Bonchev–Trinajstić information content (AvgIpc) is 2.83. The highest BCUT2D eigenvalue weighted by Crippen LogP contribution is 2.25. The van der Waals surface area contributed by atoms with Crippen LogP contribution in [0.2, 0.25) is 0 Å². The minimum absolute atomic E-state index is 0.258. The van der Waals surface area contributed by atoms with Gasteiger partial charge in [0.25, 0.3) is 0 Å². The molecule has 94 valence electrons. The summed E-state index contributed by atoms with van der Waals surface area (Å²) in [6.45, 7) is 0. The fraction of sp³-hybridized carbons (Fsp3) is 0.0714. The van der Waals surface area contributed by atoms with Crippen LogP contribution in [-0.4, -0.2) is 25.8 Å². The Morgan fingerprint density at radius 2 is 2.05 bits per heavy atom. The molecular formula is C14H11N3O2. The predicted molar refractivity (Wildman–Crippen MR) is 70.9 cm³/mol. The van der Waals surface area contributed by atoms with Gasteiger partial charge in [-0.1, -0.05) is 6.07 Å². The monoisotopic (exact) mass is 253 g/mol. The van der Waals surface area contributed by atoms with Gasteiger partial charge in [-0.15, -0.1) is 0 Å². The van der Waals surface area contributed by atoms with E-state index in [1.807, 2.05) is 31.3 Å². The Balaban J connectivity index is 2.28. The number of hydrogen-bond donors (Lipinski definition) is 1. The third kappa shape index (κ3) is 1.85. The number of hydrogen-bond acceptors (Lipinski definition) is 3. The van der Waals surface area contributed by atoms with Crippen LogP contribution in [0, 0.1) is 0 Å². The molecule has 3 aromatic rings. The van der Waals surface area contributed by atoms with Crippen LogP contribution in [0.4, 0.5) is 0 Å². The van der Waals surface area contributed by atoms with Crippen LogP contribution in [0.1, 0.15) is 10.4 Å². The summed E-state index contributed by atoms with van der Waals surface area (Å²) in [5, 5.41) is 14.0. The van der Waals surface area contributed by atoms with Gasteiger partial charge in [-0.25, -0.2) is 4.79 Å². The van der Waals surface area contributed by atoms with Gasteiger partial charge < -0.3 is 5.11 Å². The Morgan fingerprint density at radius 3 is 2.74 bits per heavy atom. The van der Waals surface area contributed by atoms with Crippen LogP contribution in [0.25, 0.3) is 22.2 Å². The highest BCUT2D eigenvalue weighted by Gasteiger charge is 2.11. The lowest BCUT2D eigenvalue weighted by Crippen LogP contribution is -1.99. The quantitative estimate of drug-likeness (QED) is 0.761. The molecule has 2 heterocycles. The summed E-state index contributed by atoms with van der Waals surface area (Å²) in [4.78, 5) is 15.4. The van der Waals surface area contributed by atoms with E-state index in [1.165, 1.54) is 12.3 Å². The van der Waals surface area contributed by atoms with Gasteiger partial charge in [0.15, 0.2) is 0 Å². The molecule has 0 aliphatic rings. The number of carbonyl (C=O) groups is 1. The molecular weight excluding hydrogens is 242 g/mol. The molecule has 0 fully saturated rings. The van der Waals surface area contributed by atoms with Gasteiger partial charge in [0, 0.05) is 30.4 Å². The lowest BCUT2D eigenvalue weighted by atomic mass is 10.0. The molecule has 0 saturated carbocycles. The number of carboxylic acid groups (broad SMARTS) is 1. The molecule has 0 spiro atoms. The summed E-state index contributed by atoms with van der Waals surface area (Å²) in [5.74, 6) is -0.949. The molecule has 1 N–H and O–H groups in total. The maximum atomic E-state index is 11.2. The first-order chi connectivity index (χ1) is 9.16. The first-order valence-electron chi connectivity index (χ1n) is 5.77. The van der Waals surface area contributed by atoms with Crippen molar-refractivity contribution in [3.05, 3.63) is 48.3 Å². The molecule has 0 bridgehead atoms. The third-order valence-electron chi connectivity index (χ3n) is 3.09. The van der Waals surface area contributed by atoms with E-state index >= 15 is 0 Å². The highest BCUT2D eigenvalue weighted by molar-refractivity contribution is 6.03. The van der Waals surface area contributed by atoms with E-state index in [2.05, 4.69) is 10.1 Å². The molecule has 0 atom stereocenters. The van der Waals surface area contributed by atoms with Gasteiger partial charge in [-0.3, -0.25) is 9.67 Å². The number of fused-ring (bicyclic) bond motifs is 1. The van der Waals surface area contributed by atoms with Crippen molar-refractivity contribution in [2.75, 3.05) is 0 Å². The van der Waals surface area contributed by atoms with E-state index in [4.69, 9.17) is 0 Å². The largest absolute Gasteiger partial charge is 0.478 e. The molecule has 19 heavy (non-hydrogen) atoms. The van der Waals surface area contributed by atoms with Gasteiger partial charge in [-0.2, -0.15) is 5.10 Å². The van der Waals surface area contributed by atoms with E-state index < -0.39 is 5.97 Å². The minimum atomic E-state index is -0.949. The number of aromatic nitrogens is 3. The smallest absolute Gasteiger partial charge is 0.336 e. The van der Waals surface area contributed by atoms with E-state index in [1.54, 1.807) is 10.9 Å². The van der Waals surface area contributed by atoms with Crippen molar-refractivity contribution in [2.45, 2.75) is 0 Å². The van der Waals surface area contributed by atoms with Crippen molar-refractivity contribution in [3.8, 4) is 11.3 Å². The Hall–Kier alpha value is -2.69. The average molecular weight is 253 g/mol.